The SMILES string of the molecule is COc1cccc2c(C(C)C)c(C(=O)O)cnc12. The van der Waals surface area contributed by atoms with E-state index in [1.807, 2.05) is 32.0 Å². The summed E-state index contributed by atoms with van der Waals surface area (Å²) in [5.41, 5.74) is 1.76. The first-order valence-electron chi connectivity index (χ1n) is 5.75. The van der Waals surface area contributed by atoms with Crippen molar-refractivity contribution in [3.8, 4) is 5.75 Å². The molecular weight excluding hydrogens is 230 g/mol. The highest BCUT2D eigenvalue weighted by atomic mass is 16.5. The molecule has 0 aliphatic rings. The summed E-state index contributed by atoms with van der Waals surface area (Å²) < 4.78 is 5.25. The number of nitrogens with zero attached hydrogens (tertiary/aromatic N) is 1. The van der Waals surface area contributed by atoms with Crippen molar-refractivity contribution < 1.29 is 14.6 Å². The second-order valence-electron chi connectivity index (χ2n) is 4.40. The first-order valence-corrected chi connectivity index (χ1v) is 5.75. The largest absolute Gasteiger partial charge is 0.494 e. The molecule has 0 spiro atoms. The van der Waals surface area contributed by atoms with Gasteiger partial charge in [-0.15, -0.1) is 0 Å². The van der Waals surface area contributed by atoms with Crippen molar-refractivity contribution in [1.29, 1.82) is 0 Å². The summed E-state index contributed by atoms with van der Waals surface area (Å²) in [6, 6.07) is 5.55. The number of carbonyl (C=O) groups is 1. The summed E-state index contributed by atoms with van der Waals surface area (Å²) in [6.45, 7) is 3.95. The molecule has 0 fully saturated rings. The maximum atomic E-state index is 11.3. The normalized spacial score (nSPS) is 10.9. The number of fused-ring (bicyclic) bond motifs is 1. The molecule has 0 atom stereocenters. The van der Waals surface area contributed by atoms with Gasteiger partial charge in [-0.3, -0.25) is 4.98 Å². The highest BCUT2D eigenvalue weighted by Crippen LogP contribution is 2.32. The summed E-state index contributed by atoms with van der Waals surface area (Å²) in [5.74, 6) is -0.184. The second kappa shape index (κ2) is 4.64. The fraction of sp³-hybridized carbons (Fsp3) is 0.286. The number of carboxylic acid groups (broad SMARTS) is 1. The average molecular weight is 245 g/mol. The number of carboxylic acids is 1. The zero-order valence-electron chi connectivity index (χ0n) is 10.6. The van der Waals surface area contributed by atoms with E-state index < -0.39 is 5.97 Å². The van der Waals surface area contributed by atoms with E-state index in [2.05, 4.69) is 4.98 Å². The van der Waals surface area contributed by atoms with Crippen LogP contribution in [-0.2, 0) is 0 Å². The summed E-state index contributed by atoms with van der Waals surface area (Å²) in [4.78, 5) is 15.5. The predicted octanol–water partition coefficient (Wildman–Crippen LogP) is 3.07. The summed E-state index contributed by atoms with van der Waals surface area (Å²) >= 11 is 0. The van der Waals surface area contributed by atoms with E-state index in [0.717, 1.165) is 10.9 Å². The molecule has 18 heavy (non-hydrogen) atoms. The summed E-state index contributed by atoms with van der Waals surface area (Å²) in [5, 5.41) is 10.1. The fourth-order valence-corrected chi connectivity index (χ4v) is 2.17. The van der Waals surface area contributed by atoms with E-state index in [0.29, 0.717) is 11.3 Å². The smallest absolute Gasteiger partial charge is 0.337 e. The molecule has 1 heterocycles. The minimum absolute atomic E-state index is 0.105. The third kappa shape index (κ3) is 1.90. The molecule has 94 valence electrons. The van der Waals surface area contributed by atoms with Crippen LogP contribution in [0.25, 0.3) is 10.9 Å². The number of aromatic nitrogens is 1. The van der Waals surface area contributed by atoms with E-state index >= 15 is 0 Å². The summed E-state index contributed by atoms with van der Waals surface area (Å²) in [7, 11) is 1.58. The van der Waals surface area contributed by atoms with Crippen LogP contribution in [-0.4, -0.2) is 23.2 Å². The molecule has 0 aliphatic carbocycles. The van der Waals surface area contributed by atoms with Crippen molar-refractivity contribution in [2.24, 2.45) is 0 Å². The Balaban J connectivity index is 2.86. The first kappa shape index (κ1) is 12.4. The number of aromatic carboxylic acids is 1. The van der Waals surface area contributed by atoms with Crippen LogP contribution in [0.3, 0.4) is 0 Å². The maximum Gasteiger partial charge on any atom is 0.337 e. The van der Waals surface area contributed by atoms with Crippen LogP contribution in [0.5, 0.6) is 5.75 Å². The lowest BCUT2D eigenvalue weighted by Crippen LogP contribution is -2.06. The molecule has 2 rings (SSSR count). The van der Waals surface area contributed by atoms with E-state index in [1.54, 1.807) is 7.11 Å². The molecule has 4 nitrogen and oxygen atoms in total. The van der Waals surface area contributed by atoms with Crippen molar-refractivity contribution in [2.75, 3.05) is 7.11 Å². The Bertz CT molecular complexity index is 605. The number of para-hydroxylation sites is 1. The van der Waals surface area contributed by atoms with Crippen molar-refractivity contribution in [2.45, 2.75) is 19.8 Å². The molecule has 0 saturated heterocycles. The molecular formula is C14H15NO3. The lowest BCUT2D eigenvalue weighted by Gasteiger charge is -2.14. The zero-order chi connectivity index (χ0) is 13.3. The molecule has 0 aliphatic heterocycles. The van der Waals surface area contributed by atoms with Gasteiger partial charge in [0.2, 0.25) is 0 Å². The van der Waals surface area contributed by atoms with Crippen LogP contribution < -0.4 is 4.74 Å². The van der Waals surface area contributed by atoms with E-state index in [-0.39, 0.29) is 11.5 Å². The van der Waals surface area contributed by atoms with Gasteiger partial charge in [-0.1, -0.05) is 26.0 Å². The number of rotatable bonds is 3. The Hall–Kier alpha value is -2.10. The van der Waals surface area contributed by atoms with Gasteiger partial charge < -0.3 is 9.84 Å². The minimum Gasteiger partial charge on any atom is -0.494 e. The standard InChI is InChI=1S/C14H15NO3/c1-8(2)12-9-5-4-6-11(18-3)13(9)15-7-10(12)14(16)17/h4-8H,1-3H3,(H,16,17). The van der Waals surface area contributed by atoms with Crippen molar-refractivity contribution in [3.63, 3.8) is 0 Å². The van der Waals surface area contributed by atoms with Gasteiger partial charge >= 0.3 is 5.97 Å². The Kier molecular flexibility index (Phi) is 3.19. The van der Waals surface area contributed by atoms with Crippen LogP contribution in [0.2, 0.25) is 0 Å². The Labute approximate surface area is 105 Å². The number of benzene rings is 1. The number of methoxy groups -OCH3 is 1. The lowest BCUT2D eigenvalue weighted by molar-refractivity contribution is 0.0695. The summed E-state index contributed by atoms with van der Waals surface area (Å²) in [6.07, 6.45) is 1.41. The number of ether oxygens (including phenoxy) is 1. The molecule has 1 aromatic heterocycles. The molecule has 2 aromatic rings. The molecule has 0 radical (unpaired) electrons. The van der Waals surface area contributed by atoms with Crippen molar-refractivity contribution in [3.05, 3.63) is 35.5 Å². The number of hydrogen-bond acceptors (Lipinski definition) is 3. The van der Waals surface area contributed by atoms with Gasteiger partial charge in [0.15, 0.2) is 0 Å². The van der Waals surface area contributed by atoms with Gasteiger partial charge in [-0.2, -0.15) is 0 Å². The Morgan fingerprint density at radius 3 is 2.67 bits per heavy atom. The monoisotopic (exact) mass is 245 g/mol. The Morgan fingerprint density at radius 2 is 2.11 bits per heavy atom. The van der Waals surface area contributed by atoms with Gasteiger partial charge in [-0.25, -0.2) is 4.79 Å². The van der Waals surface area contributed by atoms with Crippen LogP contribution in [0.1, 0.15) is 35.7 Å². The third-order valence-corrected chi connectivity index (χ3v) is 2.93. The van der Waals surface area contributed by atoms with Gasteiger partial charge in [-0.05, 0) is 17.5 Å². The third-order valence-electron chi connectivity index (χ3n) is 2.93. The highest BCUT2D eigenvalue weighted by Gasteiger charge is 2.18. The van der Waals surface area contributed by atoms with Gasteiger partial charge in [0.25, 0.3) is 0 Å². The topological polar surface area (TPSA) is 59.4 Å². The van der Waals surface area contributed by atoms with Crippen molar-refractivity contribution >= 4 is 16.9 Å². The Morgan fingerprint density at radius 1 is 1.39 bits per heavy atom. The molecule has 0 unspecified atom stereocenters. The van der Waals surface area contributed by atoms with Crippen molar-refractivity contribution in [1.82, 2.24) is 4.98 Å². The van der Waals surface area contributed by atoms with Crippen LogP contribution in [0, 0.1) is 0 Å². The van der Waals surface area contributed by atoms with Crippen LogP contribution >= 0.6 is 0 Å². The van der Waals surface area contributed by atoms with Crippen LogP contribution in [0.15, 0.2) is 24.4 Å². The lowest BCUT2D eigenvalue weighted by atomic mass is 9.94. The second-order valence-corrected chi connectivity index (χ2v) is 4.40. The molecule has 0 amide bonds. The fourth-order valence-electron chi connectivity index (χ4n) is 2.17. The van der Waals surface area contributed by atoms with Gasteiger partial charge in [0.1, 0.15) is 11.3 Å². The van der Waals surface area contributed by atoms with Crippen LogP contribution in [0.4, 0.5) is 0 Å². The molecule has 1 N–H and O–H groups in total. The van der Waals surface area contributed by atoms with E-state index in [1.165, 1.54) is 6.20 Å². The molecule has 0 bridgehead atoms. The molecule has 1 aromatic carbocycles. The number of pyridine rings is 1. The zero-order valence-corrected chi connectivity index (χ0v) is 10.6. The van der Waals surface area contributed by atoms with Gasteiger partial charge in [0.05, 0.1) is 12.7 Å². The highest BCUT2D eigenvalue weighted by molar-refractivity contribution is 5.98. The maximum absolute atomic E-state index is 11.3. The number of hydrogen-bond donors (Lipinski definition) is 1. The average Bonchev–Trinajstić information content (AvgIpc) is 2.35. The van der Waals surface area contributed by atoms with E-state index in [9.17, 15) is 9.90 Å². The quantitative estimate of drug-likeness (QED) is 0.902. The van der Waals surface area contributed by atoms with Gasteiger partial charge in [0, 0.05) is 11.6 Å². The minimum atomic E-state index is -0.948. The molecule has 0 saturated carbocycles. The predicted molar refractivity (Wildman–Crippen MR) is 69.3 cm³/mol. The first-order chi connectivity index (χ1) is 8.56. The molecule has 4 heteroatoms. The van der Waals surface area contributed by atoms with E-state index in [4.69, 9.17) is 4.74 Å².